The molecular formula is C52H60BrN12O6P. The van der Waals surface area contributed by atoms with Crippen molar-refractivity contribution in [1.82, 2.24) is 44.9 Å². The van der Waals surface area contributed by atoms with Crippen molar-refractivity contribution in [2.75, 3.05) is 88.3 Å². The van der Waals surface area contributed by atoms with Gasteiger partial charge >= 0.3 is 0 Å². The van der Waals surface area contributed by atoms with E-state index >= 15 is 0 Å². The number of benzene rings is 3. The molecule has 5 fully saturated rings. The van der Waals surface area contributed by atoms with Gasteiger partial charge in [0.1, 0.15) is 30.3 Å². The number of fused-ring (bicyclic) bond motifs is 2. The van der Waals surface area contributed by atoms with Crippen LogP contribution < -0.4 is 30.9 Å². The first kappa shape index (κ1) is 48.4. The highest BCUT2D eigenvalue weighted by Crippen LogP contribution is 2.49. The molecule has 1 atom stereocenters. The minimum atomic E-state index is -2.78. The SMILES string of the molecule is COc1cc(N2CCC(N3CCN(C4CCN(Cc5ccc6c(c5)C(=O)N(C5CCC(=O)NC5=O)C6=O)CC4)CC3)CC2)c(C2CC2)cc1Nc1ncc(Br)c(Nc2ccc3nccnc3c2P(C)(C)=O)n1. The van der Waals surface area contributed by atoms with Crippen LogP contribution in [0.3, 0.4) is 0 Å². The van der Waals surface area contributed by atoms with Crippen LogP contribution in [0.4, 0.5) is 28.8 Å². The number of piperazine rings is 1. The average Bonchev–Trinajstić information content (AvgIpc) is 4.20. The normalized spacial score (nSPS) is 21.1. The van der Waals surface area contributed by atoms with Gasteiger partial charge in [0.15, 0.2) is 0 Å². The molecule has 3 N–H and O–H groups in total. The van der Waals surface area contributed by atoms with Gasteiger partial charge in [0.05, 0.1) is 44.9 Å². The van der Waals surface area contributed by atoms with E-state index in [0.717, 1.165) is 113 Å². The second kappa shape index (κ2) is 19.9. The molecule has 3 aromatic carbocycles. The second-order valence-electron chi connectivity index (χ2n) is 20.4. The number of hydrogen-bond acceptors (Lipinski definition) is 16. The molecular weight excluding hydrogens is 1000 g/mol. The molecule has 18 nitrogen and oxygen atoms in total. The molecule has 20 heteroatoms. The summed E-state index contributed by atoms with van der Waals surface area (Å²) in [6.07, 6.45) is 11.9. The molecule has 4 amide bonds. The van der Waals surface area contributed by atoms with Gasteiger partial charge < -0.3 is 24.8 Å². The summed E-state index contributed by atoms with van der Waals surface area (Å²) in [6.45, 7) is 12.4. The van der Waals surface area contributed by atoms with Gasteiger partial charge in [0.25, 0.3) is 11.8 Å². The fourth-order valence-electron chi connectivity index (χ4n) is 11.5. The first-order valence-corrected chi connectivity index (χ1v) is 28.6. The first-order valence-electron chi connectivity index (χ1n) is 25.2. The Labute approximate surface area is 427 Å². The maximum Gasteiger partial charge on any atom is 0.262 e. The lowest BCUT2D eigenvalue weighted by atomic mass is 9.98. The Balaban J connectivity index is 0.676. The van der Waals surface area contributed by atoms with Gasteiger partial charge in [-0.25, -0.2) is 4.98 Å². The molecule has 5 aliphatic heterocycles. The molecule has 0 radical (unpaired) electrons. The minimum absolute atomic E-state index is 0.0996. The van der Waals surface area contributed by atoms with Crippen LogP contribution >= 0.6 is 23.1 Å². The number of methoxy groups -OCH3 is 1. The zero-order chi connectivity index (χ0) is 49.8. The van der Waals surface area contributed by atoms with Crippen LogP contribution in [0.25, 0.3) is 11.0 Å². The number of ether oxygens (including phenoxy) is 1. The molecule has 376 valence electrons. The topological polar surface area (TPSA) is 198 Å². The van der Waals surface area contributed by atoms with Crippen molar-refractivity contribution in [3.05, 3.63) is 87.8 Å². The summed E-state index contributed by atoms with van der Waals surface area (Å²) >= 11 is 3.62. The van der Waals surface area contributed by atoms with E-state index in [4.69, 9.17) is 9.72 Å². The molecule has 1 unspecified atom stereocenters. The van der Waals surface area contributed by atoms with E-state index in [2.05, 4.69) is 78.6 Å². The summed E-state index contributed by atoms with van der Waals surface area (Å²) in [4.78, 5) is 80.6. The highest BCUT2D eigenvalue weighted by molar-refractivity contribution is 9.10. The first-order chi connectivity index (χ1) is 34.8. The van der Waals surface area contributed by atoms with Crippen LogP contribution in [0.15, 0.2) is 65.5 Å². The quantitative estimate of drug-likeness (QED) is 0.0858. The molecule has 0 bridgehead atoms. The Morgan fingerprint density at radius 1 is 0.764 bits per heavy atom. The standard InChI is InChI=1S/C52H60BrN12O6P/c1-71-44-28-43(36(32-5-6-32)27-41(44)58-52-56-29-38(53)48(60-52)57-40-9-8-39-46(55-17-16-54-39)47(40)72(2,3)70)64-20-14-34(15-21-64)63-24-22-62(23-25-63)33-12-18-61(19-13-33)30-31-4-7-35-37(26-31)51(69)65(50(35)68)42-10-11-45(66)59-49(42)67/h4,7-9,16-17,26-29,32-34,42H,5-6,10-15,18-25,30H2,1-3H3,(H,59,66,67)(H2,56,57,58,60). The monoisotopic (exact) mass is 1060 g/mol. The fourth-order valence-corrected chi connectivity index (χ4v) is 13.2. The fraction of sp³-hybridized carbons (Fsp3) is 0.462. The summed E-state index contributed by atoms with van der Waals surface area (Å²) in [5, 5.41) is 9.75. The van der Waals surface area contributed by atoms with E-state index in [0.29, 0.717) is 73.9 Å². The second-order valence-corrected chi connectivity index (χ2v) is 24.4. The lowest BCUT2D eigenvalue weighted by molar-refractivity contribution is -0.136. The summed E-state index contributed by atoms with van der Waals surface area (Å²) in [7, 11) is -1.08. The number of hydrogen-bond donors (Lipinski definition) is 3. The molecule has 6 aliphatic rings. The number of likely N-dealkylation sites (tertiary alicyclic amines) is 1. The van der Waals surface area contributed by atoms with Crippen LogP contribution in [0.5, 0.6) is 5.75 Å². The van der Waals surface area contributed by atoms with Gasteiger partial charge in [-0.1, -0.05) is 6.07 Å². The molecule has 7 heterocycles. The zero-order valence-electron chi connectivity index (χ0n) is 40.9. The highest BCUT2D eigenvalue weighted by Gasteiger charge is 2.45. The van der Waals surface area contributed by atoms with Gasteiger partial charge in [-0.15, -0.1) is 0 Å². The number of anilines is 5. The van der Waals surface area contributed by atoms with Crippen molar-refractivity contribution < 1.29 is 28.5 Å². The van der Waals surface area contributed by atoms with E-state index in [9.17, 15) is 23.7 Å². The zero-order valence-corrected chi connectivity index (χ0v) is 43.4. The van der Waals surface area contributed by atoms with Crippen LogP contribution in [-0.4, -0.2) is 154 Å². The predicted octanol–water partition coefficient (Wildman–Crippen LogP) is 6.46. The Morgan fingerprint density at radius 3 is 2.14 bits per heavy atom. The van der Waals surface area contributed by atoms with Crippen molar-refractivity contribution in [2.24, 2.45) is 0 Å². The van der Waals surface area contributed by atoms with Crippen LogP contribution in [0.2, 0.25) is 0 Å². The van der Waals surface area contributed by atoms with Crippen molar-refractivity contribution in [3.63, 3.8) is 0 Å². The molecule has 0 spiro atoms. The van der Waals surface area contributed by atoms with Crippen molar-refractivity contribution in [1.29, 1.82) is 0 Å². The number of nitrogens with one attached hydrogen (secondary N) is 3. The maximum atomic E-state index is 13.6. The van der Waals surface area contributed by atoms with E-state index in [1.807, 2.05) is 24.3 Å². The number of nitrogens with zero attached hydrogens (tertiary/aromatic N) is 9. The number of aromatic nitrogens is 4. The molecule has 2 aromatic heterocycles. The van der Waals surface area contributed by atoms with Crippen LogP contribution in [-0.2, 0) is 20.7 Å². The summed E-state index contributed by atoms with van der Waals surface area (Å²) in [6, 6.07) is 13.7. The summed E-state index contributed by atoms with van der Waals surface area (Å²) in [5.74, 6) is 0.222. The third-order valence-electron chi connectivity index (χ3n) is 15.4. The Morgan fingerprint density at radius 2 is 1.46 bits per heavy atom. The predicted molar refractivity (Wildman–Crippen MR) is 280 cm³/mol. The van der Waals surface area contributed by atoms with Gasteiger partial charge in [-0.3, -0.25) is 54.1 Å². The van der Waals surface area contributed by atoms with Crippen molar-refractivity contribution in [2.45, 2.75) is 82.0 Å². The molecule has 5 aromatic rings. The Hall–Kier alpha value is -5.85. The lowest BCUT2D eigenvalue weighted by Crippen LogP contribution is -2.56. The third kappa shape index (κ3) is 9.73. The van der Waals surface area contributed by atoms with E-state index in [1.54, 1.807) is 45.1 Å². The molecule has 72 heavy (non-hydrogen) atoms. The lowest BCUT2D eigenvalue weighted by Gasteiger charge is -2.46. The molecule has 1 aliphatic carbocycles. The number of amides is 4. The summed E-state index contributed by atoms with van der Waals surface area (Å²) in [5.41, 5.74) is 6.94. The van der Waals surface area contributed by atoms with Gasteiger partial charge in [-0.05, 0) is 135 Å². The number of imide groups is 2. The van der Waals surface area contributed by atoms with Crippen LogP contribution in [0.1, 0.15) is 89.1 Å². The molecule has 11 rings (SSSR count). The van der Waals surface area contributed by atoms with Gasteiger partial charge in [-0.2, -0.15) is 4.98 Å². The number of rotatable bonds is 13. The number of carbonyl (C=O) groups is 4. The summed E-state index contributed by atoms with van der Waals surface area (Å²) < 4.78 is 20.3. The Kier molecular flexibility index (Phi) is 13.4. The largest absolute Gasteiger partial charge is 0.494 e. The number of halogens is 1. The third-order valence-corrected chi connectivity index (χ3v) is 17.5. The maximum absolute atomic E-state index is 13.6. The molecule has 1 saturated carbocycles. The van der Waals surface area contributed by atoms with Crippen LogP contribution in [0, 0.1) is 0 Å². The minimum Gasteiger partial charge on any atom is -0.494 e. The highest BCUT2D eigenvalue weighted by atomic mass is 79.9. The van der Waals surface area contributed by atoms with E-state index in [1.165, 1.54) is 11.3 Å². The van der Waals surface area contributed by atoms with Crippen molar-refractivity contribution in [3.8, 4) is 5.75 Å². The van der Waals surface area contributed by atoms with E-state index < -0.39 is 30.9 Å². The van der Waals surface area contributed by atoms with Crippen molar-refractivity contribution >= 4 is 91.9 Å². The smallest absolute Gasteiger partial charge is 0.262 e. The average molecular weight is 1060 g/mol. The molecule has 4 saturated heterocycles. The Bertz CT molecular complexity index is 3020. The number of carbonyl (C=O) groups excluding carboxylic acids is 4. The van der Waals surface area contributed by atoms with Gasteiger partial charge in [0.2, 0.25) is 17.8 Å². The van der Waals surface area contributed by atoms with E-state index in [-0.39, 0.29) is 18.7 Å². The van der Waals surface area contributed by atoms with Gasteiger partial charge in [0, 0.05) is 94.7 Å². The number of piperidine rings is 3.